The van der Waals surface area contributed by atoms with E-state index in [-0.39, 0.29) is 19.4 Å². The monoisotopic (exact) mass is 805 g/mol. The average Bonchev–Trinajstić information content (AvgIpc) is 3.14. The molecule has 0 radical (unpaired) electrons. The van der Waals surface area contributed by atoms with Gasteiger partial charge in [-0.3, -0.25) is 14.1 Å². The lowest BCUT2D eigenvalue weighted by Gasteiger charge is -2.40. The molecule has 1 fully saturated rings. The molecule has 4 N–H and O–H groups in total. The number of hydrogen-bond acceptors (Lipinski definition) is 11. The highest BCUT2D eigenvalue weighted by Crippen LogP contribution is 2.24. The SMILES string of the molecule is CCCCC/C=C/CCCCCCCC(=O)O[C@H](COC(=O)CCCCCCC/C=C/CCCCCCCC)CO[C@H]1O[C@H](CS(=O)(=O)O)[C@@H](O)C(O)C1O. The van der Waals surface area contributed by atoms with Crippen LogP contribution in [-0.4, -0.2) is 96.0 Å². The number of hydrogen-bond donors (Lipinski definition) is 4. The minimum atomic E-state index is -4.60. The molecule has 0 aromatic carbocycles. The Morgan fingerprint density at radius 3 is 1.55 bits per heavy atom. The quantitative estimate of drug-likeness (QED) is 0.0209. The molecule has 1 heterocycles. The molecule has 55 heavy (non-hydrogen) atoms. The second kappa shape index (κ2) is 33.1. The molecule has 0 spiro atoms. The van der Waals surface area contributed by atoms with Crippen LogP contribution >= 0.6 is 0 Å². The highest BCUT2D eigenvalue weighted by molar-refractivity contribution is 7.85. The van der Waals surface area contributed by atoms with Gasteiger partial charge in [-0.15, -0.1) is 0 Å². The second-order valence-corrected chi connectivity index (χ2v) is 16.5. The van der Waals surface area contributed by atoms with Gasteiger partial charge in [-0.1, -0.05) is 122 Å². The number of rotatable bonds is 35. The van der Waals surface area contributed by atoms with Gasteiger partial charge in [-0.2, -0.15) is 8.42 Å². The van der Waals surface area contributed by atoms with Crippen molar-refractivity contribution in [3.05, 3.63) is 24.3 Å². The molecule has 1 aliphatic rings. The summed E-state index contributed by atoms with van der Waals surface area (Å²) in [7, 11) is -4.60. The Hall–Kier alpha value is -1.87. The molecule has 12 nitrogen and oxygen atoms in total. The van der Waals surface area contributed by atoms with E-state index >= 15 is 0 Å². The van der Waals surface area contributed by atoms with Gasteiger partial charge in [0.15, 0.2) is 12.4 Å². The number of aliphatic hydroxyl groups excluding tert-OH is 3. The number of allylic oxidation sites excluding steroid dienone is 4. The lowest BCUT2D eigenvalue weighted by Crippen LogP contribution is -2.60. The molecule has 6 atom stereocenters. The molecule has 2 unspecified atom stereocenters. The Labute approximate surface area is 332 Å². The molecular weight excluding hydrogens is 729 g/mol. The third-order valence-corrected chi connectivity index (χ3v) is 10.5. The maximum atomic E-state index is 12.7. The van der Waals surface area contributed by atoms with E-state index in [2.05, 4.69) is 38.2 Å². The van der Waals surface area contributed by atoms with E-state index in [9.17, 15) is 37.9 Å². The summed E-state index contributed by atoms with van der Waals surface area (Å²) in [6.07, 6.45) is 25.1. The van der Waals surface area contributed by atoms with Crippen molar-refractivity contribution in [2.24, 2.45) is 0 Å². The largest absolute Gasteiger partial charge is 0.462 e. The van der Waals surface area contributed by atoms with E-state index in [0.29, 0.717) is 12.8 Å². The van der Waals surface area contributed by atoms with Gasteiger partial charge < -0.3 is 34.3 Å². The second-order valence-electron chi connectivity index (χ2n) is 15.0. The topological polar surface area (TPSA) is 186 Å². The predicted molar refractivity (Wildman–Crippen MR) is 215 cm³/mol. The van der Waals surface area contributed by atoms with Crippen molar-refractivity contribution < 1.29 is 56.8 Å². The molecule has 1 saturated heterocycles. The number of carbonyl (C=O) groups is 2. The lowest BCUT2D eigenvalue weighted by atomic mass is 10.00. The minimum absolute atomic E-state index is 0.153. The maximum Gasteiger partial charge on any atom is 0.306 e. The van der Waals surface area contributed by atoms with Crippen LogP contribution in [0.25, 0.3) is 0 Å². The van der Waals surface area contributed by atoms with Gasteiger partial charge in [0.1, 0.15) is 36.8 Å². The van der Waals surface area contributed by atoms with Crippen LogP contribution in [0.5, 0.6) is 0 Å². The van der Waals surface area contributed by atoms with Crippen molar-refractivity contribution in [2.45, 2.75) is 211 Å². The molecule has 13 heteroatoms. The lowest BCUT2D eigenvalue weighted by molar-refractivity contribution is -0.297. The first-order chi connectivity index (χ1) is 26.5. The highest BCUT2D eigenvalue weighted by Gasteiger charge is 2.46. The highest BCUT2D eigenvalue weighted by atomic mass is 32.2. The van der Waals surface area contributed by atoms with E-state index < -0.39 is 71.2 Å². The third kappa shape index (κ3) is 28.2. The fraction of sp³-hybridized carbons (Fsp3) is 0.857. The van der Waals surface area contributed by atoms with Gasteiger partial charge in [0.25, 0.3) is 10.1 Å². The molecule has 0 amide bonds. The number of unbranched alkanes of at least 4 members (excludes halogenated alkanes) is 19. The summed E-state index contributed by atoms with van der Waals surface area (Å²) in [5.74, 6) is -2.00. The van der Waals surface area contributed by atoms with Crippen molar-refractivity contribution >= 4 is 22.1 Å². The Bertz CT molecular complexity index is 1130. The Balaban J connectivity index is 2.48. The summed E-state index contributed by atoms with van der Waals surface area (Å²) in [6.45, 7) is 3.70. The van der Waals surface area contributed by atoms with Crippen LogP contribution < -0.4 is 0 Å². The van der Waals surface area contributed by atoms with Gasteiger partial charge >= 0.3 is 11.9 Å². The van der Waals surface area contributed by atoms with Crippen molar-refractivity contribution in [1.82, 2.24) is 0 Å². The Kier molecular flexibility index (Phi) is 30.8. The molecule has 1 rings (SSSR count). The zero-order chi connectivity index (χ0) is 40.6. The minimum Gasteiger partial charge on any atom is -0.462 e. The van der Waals surface area contributed by atoms with Crippen LogP contribution in [-0.2, 0) is 38.7 Å². The zero-order valence-electron chi connectivity index (χ0n) is 34.0. The standard InChI is InChI=1S/C42H76O12S/c1-3-5-7-9-11-13-15-17-18-19-21-22-24-26-28-30-37(43)51-32-35(33-52-42-41(47)40(46)39(45)36(54-42)34-55(48,49)50)53-38(44)31-29-27-25-23-20-16-14-12-10-8-6-4-2/h12,14,17-18,35-36,39-42,45-47H,3-11,13,15-16,19-34H2,1-2H3,(H,48,49,50)/b14-12+,18-17+/t35-,36-,39-,40?,41?,42+/m1/s1. The van der Waals surface area contributed by atoms with Gasteiger partial charge in [-0.05, 0) is 64.2 Å². The molecule has 0 aromatic heterocycles. The Morgan fingerprint density at radius 2 is 1.04 bits per heavy atom. The molecule has 0 saturated carbocycles. The molecule has 322 valence electrons. The van der Waals surface area contributed by atoms with Gasteiger partial charge in [0.2, 0.25) is 0 Å². The van der Waals surface area contributed by atoms with Crippen molar-refractivity contribution in [3.63, 3.8) is 0 Å². The Morgan fingerprint density at radius 1 is 0.600 bits per heavy atom. The normalized spacial score (nSPS) is 21.0. The first kappa shape index (κ1) is 51.1. The molecule has 0 aliphatic carbocycles. The third-order valence-electron chi connectivity index (χ3n) is 9.75. The number of aliphatic hydroxyl groups is 3. The average molecular weight is 805 g/mol. The van der Waals surface area contributed by atoms with Crippen LogP contribution in [0.2, 0.25) is 0 Å². The predicted octanol–water partition coefficient (Wildman–Crippen LogP) is 8.06. The van der Waals surface area contributed by atoms with Crippen molar-refractivity contribution in [1.29, 1.82) is 0 Å². The maximum absolute atomic E-state index is 12.7. The van der Waals surface area contributed by atoms with Crippen LogP contribution in [0.1, 0.15) is 174 Å². The number of esters is 2. The number of ether oxygens (including phenoxy) is 4. The molecule has 0 bridgehead atoms. The van der Waals surface area contributed by atoms with E-state index in [1.807, 2.05) is 0 Å². The summed E-state index contributed by atoms with van der Waals surface area (Å²) in [5, 5.41) is 30.8. The van der Waals surface area contributed by atoms with E-state index in [0.717, 1.165) is 77.0 Å². The summed E-state index contributed by atoms with van der Waals surface area (Å²) in [5.41, 5.74) is 0. The first-order valence-electron chi connectivity index (χ1n) is 21.4. The van der Waals surface area contributed by atoms with Gasteiger partial charge in [-0.25, -0.2) is 0 Å². The molecule has 1 aliphatic heterocycles. The summed E-state index contributed by atoms with van der Waals surface area (Å²) < 4.78 is 53.9. The fourth-order valence-electron chi connectivity index (χ4n) is 6.37. The van der Waals surface area contributed by atoms with Crippen LogP contribution in [0.15, 0.2) is 24.3 Å². The van der Waals surface area contributed by atoms with Crippen LogP contribution in [0.4, 0.5) is 0 Å². The van der Waals surface area contributed by atoms with Gasteiger partial charge in [0, 0.05) is 12.8 Å². The van der Waals surface area contributed by atoms with Gasteiger partial charge in [0.05, 0.1) is 6.61 Å². The smallest absolute Gasteiger partial charge is 0.306 e. The van der Waals surface area contributed by atoms with E-state index in [1.54, 1.807) is 0 Å². The summed E-state index contributed by atoms with van der Waals surface area (Å²) in [4.78, 5) is 25.3. The molecule has 0 aromatic rings. The number of carbonyl (C=O) groups excluding carboxylic acids is 2. The van der Waals surface area contributed by atoms with Crippen molar-refractivity contribution in [3.8, 4) is 0 Å². The first-order valence-corrected chi connectivity index (χ1v) is 23.0. The summed E-state index contributed by atoms with van der Waals surface area (Å²) >= 11 is 0. The van der Waals surface area contributed by atoms with E-state index in [1.165, 1.54) is 57.8 Å². The zero-order valence-corrected chi connectivity index (χ0v) is 34.9. The van der Waals surface area contributed by atoms with Crippen LogP contribution in [0, 0.1) is 0 Å². The van der Waals surface area contributed by atoms with Crippen molar-refractivity contribution in [2.75, 3.05) is 19.0 Å². The van der Waals surface area contributed by atoms with Crippen LogP contribution in [0.3, 0.4) is 0 Å². The van der Waals surface area contributed by atoms with E-state index in [4.69, 9.17) is 18.9 Å². The summed E-state index contributed by atoms with van der Waals surface area (Å²) in [6, 6.07) is 0. The fourth-order valence-corrected chi connectivity index (χ4v) is 7.06. The molecular formula is C42H76O12S.